The third-order valence-electron chi connectivity index (χ3n) is 2.65. The summed E-state index contributed by atoms with van der Waals surface area (Å²) in [5.74, 6) is 0.903. The average Bonchev–Trinajstić information content (AvgIpc) is 2.34. The second-order valence-corrected chi connectivity index (χ2v) is 3.28. The zero-order valence-corrected chi connectivity index (χ0v) is 6.01. The Labute approximate surface area is 60.6 Å². The minimum absolute atomic E-state index is 0.0599. The van der Waals surface area contributed by atoms with Gasteiger partial charge in [0.15, 0.2) is 0 Å². The minimum Gasteiger partial charge on any atom is -0.465 e. The molecule has 0 aromatic heterocycles. The lowest BCUT2D eigenvalue weighted by Gasteiger charge is -2.19. The first kappa shape index (κ1) is 6.20. The first-order valence-corrected chi connectivity index (χ1v) is 4.04. The van der Waals surface area contributed by atoms with Crippen LogP contribution in [-0.2, 0) is 9.53 Å². The molecule has 2 atom stereocenters. The average molecular weight is 140 g/mol. The molecule has 10 heavy (non-hydrogen) atoms. The normalized spacial score (nSPS) is 39.0. The fourth-order valence-electron chi connectivity index (χ4n) is 2.01. The topological polar surface area (TPSA) is 26.3 Å². The fraction of sp³-hybridized carbons (Fsp3) is 0.875. The zero-order valence-electron chi connectivity index (χ0n) is 6.01. The summed E-state index contributed by atoms with van der Waals surface area (Å²) in [4.78, 5) is 11.0. The van der Waals surface area contributed by atoms with Gasteiger partial charge in [-0.15, -0.1) is 0 Å². The van der Waals surface area contributed by atoms with E-state index < -0.39 is 0 Å². The summed E-state index contributed by atoms with van der Waals surface area (Å²) in [6.07, 6.45) is 4.79. The van der Waals surface area contributed by atoms with E-state index >= 15 is 0 Å². The Morgan fingerprint density at radius 1 is 1.30 bits per heavy atom. The number of fused-ring (bicyclic) bond motifs is 1. The van der Waals surface area contributed by atoms with Crippen molar-refractivity contribution in [3.8, 4) is 0 Å². The molecule has 2 fully saturated rings. The van der Waals surface area contributed by atoms with Crippen LogP contribution in [0.4, 0.5) is 0 Å². The molecule has 1 aliphatic heterocycles. The van der Waals surface area contributed by atoms with E-state index in [1.807, 2.05) is 0 Å². The van der Waals surface area contributed by atoms with Crippen LogP contribution in [0.25, 0.3) is 0 Å². The van der Waals surface area contributed by atoms with Crippen LogP contribution < -0.4 is 0 Å². The van der Waals surface area contributed by atoms with E-state index in [1.165, 1.54) is 19.3 Å². The van der Waals surface area contributed by atoms with Crippen LogP contribution in [0.2, 0.25) is 0 Å². The lowest BCUT2D eigenvalue weighted by atomic mass is 9.81. The van der Waals surface area contributed by atoms with Gasteiger partial charge in [-0.25, -0.2) is 0 Å². The largest absolute Gasteiger partial charge is 0.465 e. The molecule has 1 saturated heterocycles. The Morgan fingerprint density at radius 3 is 2.90 bits per heavy atom. The number of hydrogen-bond donors (Lipinski definition) is 0. The summed E-state index contributed by atoms with van der Waals surface area (Å²) < 4.78 is 4.96. The smallest absolute Gasteiger partial charge is 0.309 e. The third kappa shape index (κ3) is 0.825. The number of cyclic esters (lactones) is 1. The zero-order chi connectivity index (χ0) is 6.97. The van der Waals surface area contributed by atoms with E-state index in [1.54, 1.807) is 0 Å². The summed E-state index contributed by atoms with van der Waals surface area (Å²) in [5.41, 5.74) is 0. The van der Waals surface area contributed by atoms with E-state index in [-0.39, 0.29) is 11.9 Å². The van der Waals surface area contributed by atoms with E-state index in [2.05, 4.69) is 0 Å². The van der Waals surface area contributed by atoms with E-state index in [9.17, 15) is 4.79 Å². The van der Waals surface area contributed by atoms with Gasteiger partial charge < -0.3 is 4.74 Å². The number of hydrogen-bond acceptors (Lipinski definition) is 2. The van der Waals surface area contributed by atoms with E-state index in [4.69, 9.17) is 4.74 Å². The van der Waals surface area contributed by atoms with Crippen LogP contribution in [0.15, 0.2) is 0 Å². The molecule has 1 saturated carbocycles. The summed E-state index contributed by atoms with van der Waals surface area (Å²) in [5, 5.41) is 0. The van der Waals surface area contributed by atoms with Crippen molar-refractivity contribution in [1.29, 1.82) is 0 Å². The third-order valence-corrected chi connectivity index (χ3v) is 2.65. The molecule has 2 nitrogen and oxygen atoms in total. The van der Waals surface area contributed by atoms with Crippen molar-refractivity contribution in [3.05, 3.63) is 0 Å². The lowest BCUT2D eigenvalue weighted by molar-refractivity contribution is -0.141. The van der Waals surface area contributed by atoms with Crippen LogP contribution in [0.5, 0.6) is 0 Å². The predicted molar refractivity (Wildman–Crippen MR) is 36.4 cm³/mol. The lowest BCUT2D eigenvalue weighted by Crippen LogP contribution is -2.19. The standard InChI is InChI=1S/C8H12O2/c9-8-7-4-2-1-3-6(7)5-10-8/h6-7H,1-5H2/t6-,7+/m1/s1. The van der Waals surface area contributed by atoms with Gasteiger partial charge in [-0.2, -0.15) is 0 Å². The van der Waals surface area contributed by atoms with Gasteiger partial charge in [-0.3, -0.25) is 4.79 Å². The molecule has 56 valence electrons. The molecule has 0 spiro atoms. The minimum atomic E-state index is 0.0599. The Morgan fingerprint density at radius 2 is 2.10 bits per heavy atom. The summed E-state index contributed by atoms with van der Waals surface area (Å²) >= 11 is 0. The van der Waals surface area contributed by atoms with Crippen molar-refractivity contribution in [2.75, 3.05) is 6.61 Å². The monoisotopic (exact) mass is 140 g/mol. The van der Waals surface area contributed by atoms with Crippen molar-refractivity contribution >= 4 is 5.97 Å². The second-order valence-electron chi connectivity index (χ2n) is 3.28. The van der Waals surface area contributed by atoms with Crippen molar-refractivity contribution in [2.24, 2.45) is 11.8 Å². The second kappa shape index (κ2) is 2.26. The van der Waals surface area contributed by atoms with Crippen molar-refractivity contribution in [2.45, 2.75) is 25.7 Å². The maximum Gasteiger partial charge on any atom is 0.309 e. The highest BCUT2D eigenvalue weighted by Crippen LogP contribution is 2.35. The molecule has 0 aromatic rings. The van der Waals surface area contributed by atoms with Crippen molar-refractivity contribution in [1.82, 2.24) is 0 Å². The van der Waals surface area contributed by atoms with Crippen LogP contribution in [0, 0.1) is 11.8 Å². The fourth-order valence-corrected chi connectivity index (χ4v) is 2.01. The quantitative estimate of drug-likeness (QED) is 0.475. The molecule has 0 aromatic carbocycles. The van der Waals surface area contributed by atoms with Gasteiger partial charge in [0.25, 0.3) is 0 Å². The van der Waals surface area contributed by atoms with Gasteiger partial charge in [0.05, 0.1) is 12.5 Å². The van der Waals surface area contributed by atoms with Gasteiger partial charge in [-0.05, 0) is 12.8 Å². The number of ether oxygens (including phenoxy) is 1. The van der Waals surface area contributed by atoms with Gasteiger partial charge in [0.2, 0.25) is 0 Å². The molecule has 2 rings (SSSR count). The maximum atomic E-state index is 11.0. The summed E-state index contributed by atoms with van der Waals surface area (Å²) in [6, 6.07) is 0. The van der Waals surface area contributed by atoms with Crippen LogP contribution >= 0.6 is 0 Å². The van der Waals surface area contributed by atoms with Crippen molar-refractivity contribution < 1.29 is 9.53 Å². The number of carbonyl (C=O) groups excluding carboxylic acids is 1. The molecule has 0 radical (unpaired) electrons. The molecule has 1 aliphatic carbocycles. The number of carbonyl (C=O) groups is 1. The highest BCUT2D eigenvalue weighted by atomic mass is 16.5. The highest BCUT2D eigenvalue weighted by molar-refractivity contribution is 5.74. The highest BCUT2D eigenvalue weighted by Gasteiger charge is 2.37. The van der Waals surface area contributed by atoms with Gasteiger partial charge in [0.1, 0.15) is 0 Å². The molecule has 2 aliphatic rings. The first-order valence-electron chi connectivity index (χ1n) is 4.04. The van der Waals surface area contributed by atoms with E-state index in [0.29, 0.717) is 12.5 Å². The molecule has 0 bridgehead atoms. The Kier molecular flexibility index (Phi) is 1.40. The van der Waals surface area contributed by atoms with Crippen LogP contribution in [0.1, 0.15) is 25.7 Å². The number of rotatable bonds is 0. The molecule has 1 heterocycles. The van der Waals surface area contributed by atoms with Crippen LogP contribution in [0.3, 0.4) is 0 Å². The molecule has 2 heteroatoms. The summed E-state index contributed by atoms with van der Waals surface area (Å²) in [7, 11) is 0. The SMILES string of the molecule is O=C1OC[C@H]2CCCC[C@H]12. The summed E-state index contributed by atoms with van der Waals surface area (Å²) in [6.45, 7) is 0.698. The Bertz CT molecular complexity index is 153. The first-order chi connectivity index (χ1) is 4.88. The van der Waals surface area contributed by atoms with Gasteiger partial charge >= 0.3 is 5.97 Å². The van der Waals surface area contributed by atoms with Gasteiger partial charge in [-0.1, -0.05) is 12.8 Å². The molecule has 0 amide bonds. The Hall–Kier alpha value is -0.530. The molecular formula is C8H12O2. The molecular weight excluding hydrogens is 128 g/mol. The number of esters is 1. The van der Waals surface area contributed by atoms with Crippen LogP contribution in [-0.4, -0.2) is 12.6 Å². The Balaban J connectivity index is 2.08. The van der Waals surface area contributed by atoms with Gasteiger partial charge in [0, 0.05) is 5.92 Å². The molecule has 0 unspecified atom stereocenters. The van der Waals surface area contributed by atoms with Crippen molar-refractivity contribution in [3.63, 3.8) is 0 Å². The maximum absolute atomic E-state index is 11.0. The predicted octanol–water partition coefficient (Wildman–Crippen LogP) is 1.35. The van der Waals surface area contributed by atoms with E-state index in [0.717, 1.165) is 6.42 Å². The molecule has 0 N–H and O–H groups in total.